The third-order valence-electron chi connectivity index (χ3n) is 5.99. The molecule has 3 aliphatic rings. The van der Waals surface area contributed by atoms with E-state index in [0.717, 1.165) is 51.2 Å². The number of carbonyl (C=O) groups excluding carboxylic acids is 1. The highest BCUT2D eigenvalue weighted by molar-refractivity contribution is 5.92. The molecular formula is C21H27N5O2. The summed E-state index contributed by atoms with van der Waals surface area (Å²) >= 11 is 0. The monoisotopic (exact) mass is 381 g/mol. The van der Waals surface area contributed by atoms with Crippen molar-refractivity contribution < 1.29 is 9.53 Å². The zero-order valence-electron chi connectivity index (χ0n) is 16.0. The molecule has 1 aromatic heterocycles. The van der Waals surface area contributed by atoms with E-state index in [2.05, 4.69) is 44.8 Å². The van der Waals surface area contributed by atoms with E-state index in [1.165, 1.54) is 5.56 Å². The fourth-order valence-corrected chi connectivity index (χ4v) is 4.08. The minimum Gasteiger partial charge on any atom is -0.374 e. The van der Waals surface area contributed by atoms with Crippen molar-refractivity contribution in [3.63, 3.8) is 0 Å². The Hall–Kier alpha value is -2.25. The third-order valence-corrected chi connectivity index (χ3v) is 5.99. The molecule has 2 aromatic rings. The van der Waals surface area contributed by atoms with Gasteiger partial charge in [-0.25, -0.2) is 4.68 Å². The fourth-order valence-electron chi connectivity index (χ4n) is 4.08. The Kier molecular flexibility index (Phi) is 4.86. The molecule has 2 saturated carbocycles. The topological polar surface area (TPSA) is 72.3 Å². The Bertz CT molecular complexity index is 807. The summed E-state index contributed by atoms with van der Waals surface area (Å²) in [4.78, 5) is 14.7. The maximum Gasteiger partial charge on any atom is 0.273 e. The van der Waals surface area contributed by atoms with Gasteiger partial charge in [-0.15, -0.1) is 5.10 Å². The van der Waals surface area contributed by atoms with E-state index in [0.29, 0.717) is 24.4 Å². The van der Waals surface area contributed by atoms with Gasteiger partial charge in [-0.3, -0.25) is 9.69 Å². The molecule has 7 heteroatoms. The van der Waals surface area contributed by atoms with E-state index in [1.54, 1.807) is 6.20 Å². The van der Waals surface area contributed by atoms with Crippen molar-refractivity contribution in [2.24, 2.45) is 5.92 Å². The van der Waals surface area contributed by atoms with Crippen LogP contribution in [0.1, 0.15) is 47.8 Å². The maximum absolute atomic E-state index is 12.3. The van der Waals surface area contributed by atoms with Crippen LogP contribution in [-0.4, -0.2) is 57.6 Å². The number of aromatic nitrogens is 3. The largest absolute Gasteiger partial charge is 0.374 e. The maximum atomic E-state index is 12.3. The Morgan fingerprint density at radius 2 is 1.96 bits per heavy atom. The lowest BCUT2D eigenvalue weighted by atomic mass is 9.81. The molecule has 5 rings (SSSR count). The predicted octanol–water partition coefficient (Wildman–Crippen LogP) is 2.02. The second-order valence-electron chi connectivity index (χ2n) is 8.46. The van der Waals surface area contributed by atoms with Gasteiger partial charge in [0.15, 0.2) is 5.69 Å². The van der Waals surface area contributed by atoms with Crippen LogP contribution in [0.3, 0.4) is 0 Å². The summed E-state index contributed by atoms with van der Waals surface area (Å²) in [5.74, 6) is 0.616. The highest BCUT2D eigenvalue weighted by Crippen LogP contribution is 2.34. The Balaban J connectivity index is 0.968. The van der Waals surface area contributed by atoms with Crippen molar-refractivity contribution in [3.8, 4) is 0 Å². The standard InChI is InChI=1S/C21H27N5O2/c27-21(20-13-26(24-23-20)18-6-7-18)22-17-11-25(12-17)10-16-8-19(9-16)28-14-15-4-2-1-3-5-15/h1-5,13,16-19H,6-12,14H2,(H,22,27). The third kappa shape index (κ3) is 4.10. The Morgan fingerprint density at radius 1 is 1.18 bits per heavy atom. The number of nitrogens with zero attached hydrogens (tertiary/aromatic N) is 4. The first kappa shape index (κ1) is 17.8. The van der Waals surface area contributed by atoms with Gasteiger partial charge in [0.25, 0.3) is 5.91 Å². The van der Waals surface area contributed by atoms with Gasteiger partial charge < -0.3 is 10.1 Å². The van der Waals surface area contributed by atoms with E-state index in [1.807, 2.05) is 10.7 Å². The smallest absolute Gasteiger partial charge is 0.273 e. The van der Waals surface area contributed by atoms with Crippen LogP contribution in [-0.2, 0) is 11.3 Å². The average molecular weight is 381 g/mol. The summed E-state index contributed by atoms with van der Waals surface area (Å²) in [7, 11) is 0. The summed E-state index contributed by atoms with van der Waals surface area (Å²) in [6.45, 7) is 3.67. The number of benzene rings is 1. The predicted molar refractivity (Wildman–Crippen MR) is 104 cm³/mol. The Morgan fingerprint density at radius 3 is 2.71 bits per heavy atom. The SMILES string of the molecule is O=C(NC1CN(CC2CC(OCc3ccccc3)C2)C1)c1cn(C2CC2)nn1. The molecule has 148 valence electrons. The van der Waals surface area contributed by atoms with Crippen molar-refractivity contribution in [2.75, 3.05) is 19.6 Å². The molecule has 0 atom stereocenters. The van der Waals surface area contributed by atoms with E-state index in [4.69, 9.17) is 4.74 Å². The number of hydrogen-bond acceptors (Lipinski definition) is 5. The lowest BCUT2D eigenvalue weighted by Gasteiger charge is -2.45. The van der Waals surface area contributed by atoms with E-state index in [9.17, 15) is 4.79 Å². The van der Waals surface area contributed by atoms with Crippen LogP contribution in [0.5, 0.6) is 0 Å². The number of ether oxygens (including phenoxy) is 1. The van der Waals surface area contributed by atoms with E-state index in [-0.39, 0.29) is 11.9 Å². The molecular weight excluding hydrogens is 354 g/mol. The van der Waals surface area contributed by atoms with Crippen LogP contribution in [0.15, 0.2) is 36.5 Å². The fraction of sp³-hybridized carbons (Fsp3) is 0.571. The molecule has 1 saturated heterocycles. The summed E-state index contributed by atoms with van der Waals surface area (Å²) in [6, 6.07) is 11.0. The normalized spacial score (nSPS) is 25.1. The molecule has 3 fully saturated rings. The van der Waals surface area contributed by atoms with Gasteiger partial charge in [0, 0.05) is 19.6 Å². The summed E-state index contributed by atoms with van der Waals surface area (Å²) in [5.41, 5.74) is 1.67. The summed E-state index contributed by atoms with van der Waals surface area (Å²) < 4.78 is 7.80. The molecule has 0 radical (unpaired) electrons. The summed E-state index contributed by atoms with van der Waals surface area (Å²) in [6.07, 6.45) is 6.74. The number of amides is 1. The van der Waals surface area contributed by atoms with Gasteiger partial charge in [0.05, 0.1) is 31.0 Å². The zero-order valence-corrected chi connectivity index (χ0v) is 16.0. The molecule has 0 bridgehead atoms. The number of rotatable bonds is 8. The first-order valence-electron chi connectivity index (χ1n) is 10.3. The van der Waals surface area contributed by atoms with Crippen LogP contribution >= 0.6 is 0 Å². The van der Waals surface area contributed by atoms with Crippen LogP contribution in [0.4, 0.5) is 0 Å². The summed E-state index contributed by atoms with van der Waals surface area (Å²) in [5, 5.41) is 11.1. The van der Waals surface area contributed by atoms with Crippen molar-refractivity contribution in [3.05, 3.63) is 47.8 Å². The first-order valence-corrected chi connectivity index (χ1v) is 10.3. The molecule has 1 amide bonds. The van der Waals surface area contributed by atoms with E-state index < -0.39 is 0 Å². The van der Waals surface area contributed by atoms with Crippen molar-refractivity contribution >= 4 is 5.91 Å². The number of nitrogens with one attached hydrogen (secondary N) is 1. The van der Waals surface area contributed by atoms with E-state index >= 15 is 0 Å². The highest BCUT2D eigenvalue weighted by atomic mass is 16.5. The van der Waals surface area contributed by atoms with Crippen LogP contribution < -0.4 is 5.32 Å². The molecule has 2 heterocycles. The molecule has 0 unspecified atom stereocenters. The molecule has 1 aromatic carbocycles. The van der Waals surface area contributed by atoms with Crippen LogP contribution in [0.25, 0.3) is 0 Å². The molecule has 0 spiro atoms. The minimum absolute atomic E-state index is 0.102. The first-order chi connectivity index (χ1) is 13.7. The molecule has 1 N–H and O–H groups in total. The van der Waals surface area contributed by atoms with Gasteiger partial charge in [0.2, 0.25) is 0 Å². The lowest BCUT2D eigenvalue weighted by molar-refractivity contribution is -0.0542. The Labute approximate surface area is 165 Å². The highest BCUT2D eigenvalue weighted by Gasteiger charge is 2.36. The van der Waals surface area contributed by atoms with Gasteiger partial charge in [-0.1, -0.05) is 35.5 Å². The van der Waals surface area contributed by atoms with Gasteiger partial charge in [0.1, 0.15) is 0 Å². The molecule has 7 nitrogen and oxygen atoms in total. The van der Waals surface area contributed by atoms with Crippen molar-refractivity contribution in [1.82, 2.24) is 25.2 Å². The van der Waals surface area contributed by atoms with Gasteiger partial charge in [-0.2, -0.15) is 0 Å². The molecule has 28 heavy (non-hydrogen) atoms. The number of likely N-dealkylation sites (tertiary alicyclic amines) is 1. The van der Waals surface area contributed by atoms with Crippen LogP contribution in [0.2, 0.25) is 0 Å². The minimum atomic E-state index is -0.102. The van der Waals surface area contributed by atoms with Gasteiger partial charge in [-0.05, 0) is 37.2 Å². The second kappa shape index (κ2) is 7.64. The van der Waals surface area contributed by atoms with Crippen molar-refractivity contribution in [1.29, 1.82) is 0 Å². The second-order valence-corrected chi connectivity index (χ2v) is 8.46. The number of hydrogen-bond donors (Lipinski definition) is 1. The number of carbonyl (C=O) groups is 1. The average Bonchev–Trinajstić information content (AvgIpc) is 3.38. The lowest BCUT2D eigenvalue weighted by Crippen LogP contribution is -2.60. The molecule has 1 aliphatic heterocycles. The quantitative estimate of drug-likeness (QED) is 0.757. The zero-order chi connectivity index (χ0) is 18.9. The van der Waals surface area contributed by atoms with Gasteiger partial charge >= 0.3 is 0 Å². The van der Waals surface area contributed by atoms with Crippen LogP contribution in [0, 0.1) is 5.92 Å². The van der Waals surface area contributed by atoms with Crippen molar-refractivity contribution in [2.45, 2.75) is 50.5 Å². The molecule has 2 aliphatic carbocycles.